The summed E-state index contributed by atoms with van der Waals surface area (Å²) in [5, 5.41) is 9.66. The zero-order valence-corrected chi connectivity index (χ0v) is 11.1. The molecule has 0 saturated carbocycles. The summed E-state index contributed by atoms with van der Waals surface area (Å²) in [4.78, 5) is 12.3. The van der Waals surface area contributed by atoms with Gasteiger partial charge in [-0.05, 0) is 18.4 Å². The molecule has 1 saturated heterocycles. The third kappa shape index (κ3) is 2.44. The first-order valence-corrected chi connectivity index (χ1v) is 6.75. The van der Waals surface area contributed by atoms with Crippen LogP contribution in [0.25, 0.3) is 0 Å². The third-order valence-electron chi connectivity index (χ3n) is 3.79. The van der Waals surface area contributed by atoms with E-state index in [9.17, 15) is 4.79 Å². The molecule has 1 aromatic carbocycles. The van der Waals surface area contributed by atoms with Gasteiger partial charge in [0.25, 0.3) is 5.91 Å². The summed E-state index contributed by atoms with van der Waals surface area (Å²) in [5.41, 5.74) is 1.32. The molecule has 0 aliphatic carbocycles. The minimum atomic E-state index is -0.353. The Labute approximate surface area is 117 Å². The fourth-order valence-corrected chi connectivity index (χ4v) is 2.63. The number of nitrogens with one attached hydrogen (secondary N) is 2. The standard InChI is InChI=1S/C15H17N3O2/c19-14(12-10-16-17-11-12)18-15(6-8-20-9-7-15)13-4-2-1-3-5-13/h1-5,10-11H,6-9H2,(H,16,17)(H,18,19). The summed E-state index contributed by atoms with van der Waals surface area (Å²) in [7, 11) is 0. The minimum Gasteiger partial charge on any atom is -0.381 e. The number of benzene rings is 1. The number of carbonyl (C=O) groups is 1. The Morgan fingerprint density at radius 3 is 2.65 bits per heavy atom. The van der Waals surface area contributed by atoms with Crippen molar-refractivity contribution in [1.29, 1.82) is 0 Å². The molecular weight excluding hydrogens is 254 g/mol. The molecule has 1 fully saturated rings. The molecule has 104 valence electrons. The molecule has 3 rings (SSSR count). The quantitative estimate of drug-likeness (QED) is 0.895. The summed E-state index contributed by atoms with van der Waals surface area (Å²) in [6.07, 6.45) is 4.70. The molecule has 1 aliphatic rings. The lowest BCUT2D eigenvalue weighted by atomic mass is 9.82. The van der Waals surface area contributed by atoms with Gasteiger partial charge in [0.1, 0.15) is 0 Å². The van der Waals surface area contributed by atoms with E-state index in [1.807, 2.05) is 18.2 Å². The second-order valence-corrected chi connectivity index (χ2v) is 5.00. The highest BCUT2D eigenvalue weighted by Gasteiger charge is 2.36. The number of aromatic nitrogens is 2. The first-order valence-electron chi connectivity index (χ1n) is 6.75. The number of nitrogens with zero attached hydrogens (tertiary/aromatic N) is 1. The van der Waals surface area contributed by atoms with Crippen molar-refractivity contribution in [2.75, 3.05) is 13.2 Å². The lowest BCUT2D eigenvalue weighted by Gasteiger charge is -2.38. The van der Waals surface area contributed by atoms with Gasteiger partial charge < -0.3 is 10.1 Å². The molecule has 0 atom stereocenters. The van der Waals surface area contributed by atoms with E-state index >= 15 is 0 Å². The molecule has 1 aliphatic heterocycles. The summed E-state index contributed by atoms with van der Waals surface area (Å²) in [6.45, 7) is 1.31. The van der Waals surface area contributed by atoms with Crippen LogP contribution in [0.1, 0.15) is 28.8 Å². The zero-order valence-electron chi connectivity index (χ0n) is 11.1. The number of aromatic amines is 1. The normalized spacial score (nSPS) is 17.6. The molecular formula is C15H17N3O2. The van der Waals surface area contributed by atoms with E-state index in [0.29, 0.717) is 18.8 Å². The summed E-state index contributed by atoms with van der Waals surface area (Å²) in [5.74, 6) is -0.107. The van der Waals surface area contributed by atoms with Crippen molar-refractivity contribution in [3.8, 4) is 0 Å². The lowest BCUT2D eigenvalue weighted by Crippen LogP contribution is -2.49. The Kier molecular flexibility index (Phi) is 3.52. The SMILES string of the molecule is O=C(NC1(c2ccccc2)CCOCC1)c1cn[nH]c1. The predicted octanol–water partition coefficient (Wildman–Crippen LogP) is 1.85. The van der Waals surface area contributed by atoms with Crippen molar-refractivity contribution in [1.82, 2.24) is 15.5 Å². The van der Waals surface area contributed by atoms with Gasteiger partial charge in [0.2, 0.25) is 0 Å². The molecule has 1 aromatic heterocycles. The van der Waals surface area contributed by atoms with Crippen LogP contribution >= 0.6 is 0 Å². The Hall–Kier alpha value is -2.14. The van der Waals surface area contributed by atoms with Gasteiger partial charge in [-0.3, -0.25) is 9.89 Å². The van der Waals surface area contributed by atoms with Crippen molar-refractivity contribution in [2.45, 2.75) is 18.4 Å². The van der Waals surface area contributed by atoms with E-state index in [1.165, 1.54) is 6.20 Å². The van der Waals surface area contributed by atoms with Gasteiger partial charge >= 0.3 is 0 Å². The second-order valence-electron chi connectivity index (χ2n) is 5.00. The van der Waals surface area contributed by atoms with Crippen LogP contribution in [0.4, 0.5) is 0 Å². The highest BCUT2D eigenvalue weighted by molar-refractivity contribution is 5.94. The smallest absolute Gasteiger partial charge is 0.255 e. The first-order chi connectivity index (χ1) is 9.80. The van der Waals surface area contributed by atoms with Crippen molar-refractivity contribution >= 4 is 5.91 Å². The van der Waals surface area contributed by atoms with Gasteiger partial charge in [-0.25, -0.2) is 0 Å². The lowest BCUT2D eigenvalue weighted by molar-refractivity contribution is 0.0345. The average molecular weight is 271 g/mol. The maximum absolute atomic E-state index is 12.3. The fraction of sp³-hybridized carbons (Fsp3) is 0.333. The van der Waals surface area contributed by atoms with Crippen LogP contribution < -0.4 is 5.32 Å². The van der Waals surface area contributed by atoms with Crippen LogP contribution in [0, 0.1) is 0 Å². The summed E-state index contributed by atoms with van der Waals surface area (Å²) in [6, 6.07) is 10.1. The van der Waals surface area contributed by atoms with Crippen LogP contribution in [-0.2, 0) is 10.3 Å². The number of ether oxygens (including phenoxy) is 1. The van der Waals surface area contributed by atoms with Crippen LogP contribution in [0.2, 0.25) is 0 Å². The first kappa shape index (κ1) is 12.9. The number of hydrogen-bond donors (Lipinski definition) is 2. The number of hydrogen-bond acceptors (Lipinski definition) is 3. The van der Waals surface area contributed by atoms with Gasteiger partial charge in [-0.2, -0.15) is 5.10 Å². The Morgan fingerprint density at radius 2 is 2.00 bits per heavy atom. The van der Waals surface area contributed by atoms with Crippen molar-refractivity contribution < 1.29 is 9.53 Å². The Morgan fingerprint density at radius 1 is 1.25 bits per heavy atom. The largest absolute Gasteiger partial charge is 0.381 e. The zero-order chi connectivity index (χ0) is 13.8. The van der Waals surface area contributed by atoms with Crippen LogP contribution in [0.15, 0.2) is 42.7 Å². The molecule has 2 aromatic rings. The molecule has 2 N–H and O–H groups in total. The summed E-state index contributed by atoms with van der Waals surface area (Å²) >= 11 is 0. The maximum Gasteiger partial charge on any atom is 0.255 e. The molecule has 20 heavy (non-hydrogen) atoms. The average Bonchev–Trinajstić information content (AvgIpc) is 3.03. The Bertz CT molecular complexity index is 560. The van der Waals surface area contributed by atoms with Crippen LogP contribution in [0.3, 0.4) is 0 Å². The van der Waals surface area contributed by atoms with Crippen molar-refractivity contribution in [3.05, 3.63) is 53.9 Å². The molecule has 1 amide bonds. The number of carbonyl (C=O) groups excluding carboxylic acids is 1. The van der Waals surface area contributed by atoms with E-state index in [0.717, 1.165) is 18.4 Å². The fourth-order valence-electron chi connectivity index (χ4n) is 2.63. The Balaban J connectivity index is 1.88. The van der Waals surface area contributed by atoms with Crippen LogP contribution in [-0.4, -0.2) is 29.3 Å². The maximum atomic E-state index is 12.3. The monoisotopic (exact) mass is 271 g/mol. The van der Waals surface area contributed by atoms with Gasteiger partial charge in [0.15, 0.2) is 0 Å². The number of H-pyrrole nitrogens is 1. The van der Waals surface area contributed by atoms with E-state index < -0.39 is 0 Å². The molecule has 2 heterocycles. The molecule has 0 spiro atoms. The van der Waals surface area contributed by atoms with E-state index in [2.05, 4.69) is 27.6 Å². The molecule has 5 heteroatoms. The highest BCUT2D eigenvalue weighted by atomic mass is 16.5. The van der Waals surface area contributed by atoms with Crippen molar-refractivity contribution in [2.24, 2.45) is 0 Å². The highest BCUT2D eigenvalue weighted by Crippen LogP contribution is 2.32. The van der Waals surface area contributed by atoms with E-state index in [-0.39, 0.29) is 11.4 Å². The number of amides is 1. The van der Waals surface area contributed by atoms with Gasteiger partial charge in [-0.1, -0.05) is 30.3 Å². The van der Waals surface area contributed by atoms with E-state index in [1.54, 1.807) is 6.20 Å². The predicted molar refractivity (Wildman–Crippen MR) is 74.2 cm³/mol. The molecule has 0 unspecified atom stereocenters. The topological polar surface area (TPSA) is 67.0 Å². The second kappa shape index (κ2) is 5.46. The van der Waals surface area contributed by atoms with Gasteiger partial charge in [0.05, 0.1) is 17.3 Å². The molecule has 0 bridgehead atoms. The van der Waals surface area contributed by atoms with Gasteiger partial charge in [0, 0.05) is 19.4 Å². The van der Waals surface area contributed by atoms with Crippen molar-refractivity contribution in [3.63, 3.8) is 0 Å². The van der Waals surface area contributed by atoms with E-state index in [4.69, 9.17) is 4.74 Å². The summed E-state index contributed by atoms with van der Waals surface area (Å²) < 4.78 is 5.45. The molecule has 5 nitrogen and oxygen atoms in total. The third-order valence-corrected chi connectivity index (χ3v) is 3.79. The minimum absolute atomic E-state index is 0.107. The van der Waals surface area contributed by atoms with Crippen LogP contribution in [0.5, 0.6) is 0 Å². The van der Waals surface area contributed by atoms with Gasteiger partial charge in [-0.15, -0.1) is 0 Å². The number of rotatable bonds is 3. The molecule has 0 radical (unpaired) electrons.